The van der Waals surface area contributed by atoms with Crippen molar-refractivity contribution in [1.29, 1.82) is 0 Å². The third-order valence-electron chi connectivity index (χ3n) is 3.96. The summed E-state index contributed by atoms with van der Waals surface area (Å²) in [5, 5.41) is 0. The maximum absolute atomic E-state index is 6.04. The fraction of sp³-hybridized carbons (Fsp3) is 0.533. The van der Waals surface area contributed by atoms with Crippen LogP contribution in [-0.4, -0.2) is 4.98 Å². The van der Waals surface area contributed by atoms with Gasteiger partial charge in [0.2, 0.25) is 0 Å². The normalized spacial score (nSPS) is 17.4. The van der Waals surface area contributed by atoms with Crippen LogP contribution >= 0.6 is 0 Å². The molecule has 1 aliphatic carbocycles. The van der Waals surface area contributed by atoms with E-state index in [4.69, 9.17) is 10.2 Å². The Bertz CT molecular complexity index is 553. The Hall–Kier alpha value is -1.51. The molecule has 0 amide bonds. The standard InChI is InChI=1S/C15H20N2O/c1-2-10-8-12(16)14-13(9-10)17-15(18-14)11-6-4-3-5-7-11/h8-9,11H,2-7,16H2,1H3. The highest BCUT2D eigenvalue weighted by molar-refractivity contribution is 5.85. The Morgan fingerprint density at radius 1 is 1.28 bits per heavy atom. The van der Waals surface area contributed by atoms with Gasteiger partial charge in [-0.25, -0.2) is 4.98 Å². The summed E-state index contributed by atoms with van der Waals surface area (Å²) >= 11 is 0. The minimum atomic E-state index is 0.496. The molecule has 0 spiro atoms. The second kappa shape index (κ2) is 4.63. The SMILES string of the molecule is CCc1cc(N)c2oc(C3CCCCC3)nc2c1. The number of nitrogen functional groups attached to an aromatic ring is 1. The van der Waals surface area contributed by atoms with Crippen LogP contribution in [0.1, 0.15) is 56.4 Å². The average Bonchev–Trinajstić information content (AvgIpc) is 2.84. The van der Waals surface area contributed by atoms with E-state index in [2.05, 4.69) is 18.0 Å². The number of oxazole rings is 1. The van der Waals surface area contributed by atoms with Crippen LogP contribution in [0, 0.1) is 0 Å². The highest BCUT2D eigenvalue weighted by Gasteiger charge is 2.21. The molecule has 0 unspecified atom stereocenters. The summed E-state index contributed by atoms with van der Waals surface area (Å²) < 4.78 is 5.90. The lowest BCUT2D eigenvalue weighted by molar-refractivity contribution is 0.373. The largest absolute Gasteiger partial charge is 0.438 e. The smallest absolute Gasteiger partial charge is 0.198 e. The molecule has 0 aliphatic heterocycles. The third-order valence-corrected chi connectivity index (χ3v) is 3.96. The fourth-order valence-corrected chi connectivity index (χ4v) is 2.86. The molecule has 0 bridgehead atoms. The number of benzene rings is 1. The molecule has 0 atom stereocenters. The van der Waals surface area contributed by atoms with Gasteiger partial charge in [0.1, 0.15) is 5.52 Å². The highest BCUT2D eigenvalue weighted by Crippen LogP contribution is 2.35. The molecule has 1 aliphatic rings. The first kappa shape index (κ1) is 11.6. The Balaban J connectivity index is 2.01. The van der Waals surface area contributed by atoms with Crippen molar-refractivity contribution < 1.29 is 4.42 Å². The number of aryl methyl sites for hydroxylation is 1. The first-order valence-electron chi connectivity index (χ1n) is 6.96. The molecule has 3 nitrogen and oxygen atoms in total. The van der Waals surface area contributed by atoms with Crippen LogP contribution < -0.4 is 5.73 Å². The minimum Gasteiger partial charge on any atom is -0.438 e. The molecule has 2 N–H and O–H groups in total. The van der Waals surface area contributed by atoms with Gasteiger partial charge in [0.15, 0.2) is 11.5 Å². The predicted octanol–water partition coefficient (Wildman–Crippen LogP) is 4.02. The Labute approximate surface area is 107 Å². The number of hydrogen-bond acceptors (Lipinski definition) is 3. The average molecular weight is 244 g/mol. The molecule has 18 heavy (non-hydrogen) atoms. The lowest BCUT2D eigenvalue weighted by atomic mass is 9.89. The molecule has 0 radical (unpaired) electrons. The van der Waals surface area contributed by atoms with Gasteiger partial charge in [-0.05, 0) is 37.0 Å². The first-order valence-corrected chi connectivity index (χ1v) is 6.96. The number of nitrogens with two attached hydrogens (primary N) is 1. The van der Waals surface area contributed by atoms with Gasteiger partial charge in [-0.1, -0.05) is 26.2 Å². The summed E-state index contributed by atoms with van der Waals surface area (Å²) in [6.07, 6.45) is 7.31. The van der Waals surface area contributed by atoms with Crippen molar-refractivity contribution in [3.63, 3.8) is 0 Å². The zero-order valence-electron chi connectivity index (χ0n) is 10.9. The number of nitrogens with zero attached hydrogens (tertiary/aromatic N) is 1. The molecule has 1 aromatic heterocycles. The number of hydrogen-bond donors (Lipinski definition) is 1. The van der Waals surface area contributed by atoms with E-state index in [1.165, 1.54) is 37.7 Å². The quantitative estimate of drug-likeness (QED) is 0.812. The molecule has 3 heteroatoms. The van der Waals surface area contributed by atoms with E-state index >= 15 is 0 Å². The van der Waals surface area contributed by atoms with Crippen molar-refractivity contribution in [1.82, 2.24) is 4.98 Å². The predicted molar refractivity (Wildman–Crippen MR) is 73.6 cm³/mol. The van der Waals surface area contributed by atoms with Gasteiger partial charge in [-0.3, -0.25) is 0 Å². The molecule has 1 saturated carbocycles. The Morgan fingerprint density at radius 3 is 2.78 bits per heavy atom. The first-order chi connectivity index (χ1) is 8.78. The summed E-state index contributed by atoms with van der Waals surface area (Å²) in [5.74, 6) is 1.39. The summed E-state index contributed by atoms with van der Waals surface area (Å²) in [4.78, 5) is 4.66. The van der Waals surface area contributed by atoms with Gasteiger partial charge < -0.3 is 10.2 Å². The number of fused-ring (bicyclic) bond motifs is 1. The molecule has 0 saturated heterocycles. The number of aromatic nitrogens is 1. The van der Waals surface area contributed by atoms with Gasteiger partial charge >= 0.3 is 0 Å². The summed E-state index contributed by atoms with van der Waals surface area (Å²) in [6, 6.07) is 4.10. The maximum atomic E-state index is 6.04. The van der Waals surface area contributed by atoms with E-state index in [0.717, 1.165) is 29.1 Å². The lowest BCUT2D eigenvalue weighted by Gasteiger charge is -2.17. The van der Waals surface area contributed by atoms with E-state index in [1.54, 1.807) is 0 Å². The topological polar surface area (TPSA) is 52.0 Å². The highest BCUT2D eigenvalue weighted by atomic mass is 16.3. The summed E-state index contributed by atoms with van der Waals surface area (Å²) in [6.45, 7) is 2.13. The third kappa shape index (κ3) is 1.98. The van der Waals surface area contributed by atoms with Gasteiger partial charge in [0.05, 0.1) is 5.69 Å². The zero-order valence-corrected chi connectivity index (χ0v) is 10.9. The fourth-order valence-electron chi connectivity index (χ4n) is 2.86. The number of anilines is 1. The molecule has 1 heterocycles. The molecule has 1 aromatic carbocycles. The van der Waals surface area contributed by atoms with Crippen LogP contribution in [0.15, 0.2) is 16.5 Å². The van der Waals surface area contributed by atoms with Crippen LogP contribution in [-0.2, 0) is 6.42 Å². The van der Waals surface area contributed by atoms with Gasteiger partial charge in [0, 0.05) is 5.92 Å². The lowest BCUT2D eigenvalue weighted by Crippen LogP contribution is -2.04. The molecule has 1 fully saturated rings. The van der Waals surface area contributed by atoms with Crippen molar-refractivity contribution in [2.45, 2.75) is 51.4 Å². The van der Waals surface area contributed by atoms with Crippen LogP contribution in [0.25, 0.3) is 11.1 Å². The van der Waals surface area contributed by atoms with Crippen molar-refractivity contribution >= 4 is 16.8 Å². The van der Waals surface area contributed by atoms with Crippen molar-refractivity contribution in [2.75, 3.05) is 5.73 Å². The van der Waals surface area contributed by atoms with Gasteiger partial charge in [-0.15, -0.1) is 0 Å². The zero-order chi connectivity index (χ0) is 12.5. The summed E-state index contributed by atoms with van der Waals surface area (Å²) in [7, 11) is 0. The molecule has 96 valence electrons. The van der Waals surface area contributed by atoms with Crippen molar-refractivity contribution in [2.24, 2.45) is 0 Å². The van der Waals surface area contributed by atoms with Gasteiger partial charge in [0.25, 0.3) is 0 Å². The van der Waals surface area contributed by atoms with E-state index < -0.39 is 0 Å². The Morgan fingerprint density at radius 2 is 2.06 bits per heavy atom. The summed E-state index contributed by atoms with van der Waals surface area (Å²) in [5.41, 5.74) is 9.68. The molecular weight excluding hydrogens is 224 g/mol. The monoisotopic (exact) mass is 244 g/mol. The maximum Gasteiger partial charge on any atom is 0.198 e. The van der Waals surface area contributed by atoms with E-state index in [9.17, 15) is 0 Å². The van der Waals surface area contributed by atoms with Crippen molar-refractivity contribution in [3.8, 4) is 0 Å². The van der Waals surface area contributed by atoms with E-state index in [1.807, 2.05) is 6.07 Å². The molecule has 2 aromatic rings. The van der Waals surface area contributed by atoms with Crippen LogP contribution in [0.3, 0.4) is 0 Å². The van der Waals surface area contributed by atoms with Crippen LogP contribution in [0.5, 0.6) is 0 Å². The van der Waals surface area contributed by atoms with Crippen LogP contribution in [0.2, 0.25) is 0 Å². The second-order valence-corrected chi connectivity index (χ2v) is 5.27. The molecular formula is C15H20N2O. The van der Waals surface area contributed by atoms with E-state index in [-0.39, 0.29) is 0 Å². The van der Waals surface area contributed by atoms with E-state index in [0.29, 0.717) is 5.92 Å². The van der Waals surface area contributed by atoms with Gasteiger partial charge in [-0.2, -0.15) is 0 Å². The number of rotatable bonds is 2. The van der Waals surface area contributed by atoms with Crippen molar-refractivity contribution in [3.05, 3.63) is 23.6 Å². The minimum absolute atomic E-state index is 0.496. The Kier molecular flexibility index (Phi) is 2.98. The molecule has 3 rings (SSSR count). The second-order valence-electron chi connectivity index (χ2n) is 5.27. The van der Waals surface area contributed by atoms with Crippen LogP contribution in [0.4, 0.5) is 5.69 Å².